The van der Waals surface area contributed by atoms with Crippen LogP contribution in [0.3, 0.4) is 0 Å². The summed E-state index contributed by atoms with van der Waals surface area (Å²) in [5.74, 6) is 0.486. The van der Waals surface area contributed by atoms with Crippen LogP contribution in [0, 0.1) is 0 Å². The fourth-order valence-electron chi connectivity index (χ4n) is 4.32. The Morgan fingerprint density at radius 2 is 1.71 bits per heavy atom. The average molecular weight is 492 g/mol. The second-order valence-electron chi connectivity index (χ2n) is 8.81. The largest absolute Gasteiger partial charge is 0.369 e. The van der Waals surface area contributed by atoms with Crippen molar-refractivity contribution in [3.63, 3.8) is 0 Å². The minimum Gasteiger partial charge on any atom is -0.369 e. The Kier molecular flexibility index (Phi) is 6.67. The predicted molar refractivity (Wildman–Crippen MR) is 140 cm³/mol. The van der Waals surface area contributed by atoms with Crippen molar-refractivity contribution in [2.45, 2.75) is 6.54 Å². The molecule has 0 atom stereocenters. The molecule has 0 spiro atoms. The van der Waals surface area contributed by atoms with Crippen molar-refractivity contribution in [2.24, 2.45) is 0 Å². The van der Waals surface area contributed by atoms with Crippen LogP contribution in [0.15, 0.2) is 66.9 Å². The van der Waals surface area contributed by atoms with Gasteiger partial charge >= 0.3 is 0 Å². The first-order valence-electron chi connectivity index (χ1n) is 11.6. The SMILES string of the molecule is CN1CCN(c2ccc(Nc3ncc4ccc(-c5ccccc5CN(C)[SH](=O)=O)n4n3)cc2)CC1. The summed E-state index contributed by atoms with van der Waals surface area (Å²) in [5.41, 5.74) is 5.69. The molecule has 0 bridgehead atoms. The molecule has 0 aliphatic carbocycles. The highest BCUT2D eigenvalue weighted by Gasteiger charge is 2.15. The normalized spacial score (nSPS) is 14.8. The summed E-state index contributed by atoms with van der Waals surface area (Å²) in [6.07, 6.45) is 1.78. The van der Waals surface area contributed by atoms with Crippen LogP contribution in [0.25, 0.3) is 16.8 Å². The molecule has 0 unspecified atom stereocenters. The number of anilines is 3. The molecule has 182 valence electrons. The zero-order chi connectivity index (χ0) is 24.4. The van der Waals surface area contributed by atoms with E-state index in [9.17, 15) is 8.42 Å². The van der Waals surface area contributed by atoms with Gasteiger partial charge in [-0.1, -0.05) is 24.3 Å². The molecule has 0 radical (unpaired) electrons. The van der Waals surface area contributed by atoms with Crippen molar-refractivity contribution < 1.29 is 8.42 Å². The summed E-state index contributed by atoms with van der Waals surface area (Å²) in [7, 11) is 1.08. The summed E-state index contributed by atoms with van der Waals surface area (Å²) < 4.78 is 25.9. The van der Waals surface area contributed by atoms with Gasteiger partial charge in [0, 0.05) is 56.7 Å². The number of thiol groups is 1. The molecular formula is C25H29N7O2S. The van der Waals surface area contributed by atoms with Gasteiger partial charge in [0.2, 0.25) is 16.8 Å². The van der Waals surface area contributed by atoms with Crippen LogP contribution in [0.4, 0.5) is 17.3 Å². The Morgan fingerprint density at radius 3 is 2.46 bits per heavy atom. The van der Waals surface area contributed by atoms with Gasteiger partial charge in [-0.3, -0.25) is 0 Å². The van der Waals surface area contributed by atoms with Gasteiger partial charge in [-0.05, 0) is 49.0 Å². The van der Waals surface area contributed by atoms with Gasteiger partial charge in [0.1, 0.15) is 0 Å². The number of aromatic nitrogens is 3. The van der Waals surface area contributed by atoms with Gasteiger partial charge in [-0.15, -0.1) is 5.10 Å². The number of benzene rings is 2. The summed E-state index contributed by atoms with van der Waals surface area (Å²) in [4.78, 5) is 9.22. The van der Waals surface area contributed by atoms with Crippen LogP contribution in [0.2, 0.25) is 0 Å². The molecule has 35 heavy (non-hydrogen) atoms. The zero-order valence-electron chi connectivity index (χ0n) is 19.8. The van der Waals surface area contributed by atoms with E-state index in [1.807, 2.05) is 53.0 Å². The number of hydrogen-bond acceptors (Lipinski definition) is 7. The smallest absolute Gasteiger partial charge is 0.245 e. The highest BCUT2D eigenvalue weighted by atomic mass is 32.2. The van der Waals surface area contributed by atoms with Crippen LogP contribution < -0.4 is 10.2 Å². The minimum atomic E-state index is -2.65. The lowest BCUT2D eigenvalue weighted by Gasteiger charge is -2.34. The standard InChI is InChI=1S/C25H29N7O2S/c1-29-13-15-31(16-14-29)21-9-7-20(8-10-21)27-25-26-17-22-11-12-24(32(22)28-25)23-6-4-3-5-19(23)18-30(2)35(33)34/h3-12,17,35H,13-16,18H2,1-2H3,(H,27,28). The molecule has 1 N–H and O–H groups in total. The van der Waals surface area contributed by atoms with E-state index in [0.29, 0.717) is 5.95 Å². The van der Waals surface area contributed by atoms with E-state index in [4.69, 9.17) is 5.10 Å². The third-order valence-corrected chi connectivity index (χ3v) is 7.06. The molecule has 2 aromatic carbocycles. The second-order valence-corrected chi connectivity index (χ2v) is 9.97. The average Bonchev–Trinajstić information content (AvgIpc) is 3.28. The van der Waals surface area contributed by atoms with E-state index in [1.54, 1.807) is 13.2 Å². The fraction of sp³-hybridized carbons (Fsp3) is 0.280. The van der Waals surface area contributed by atoms with Crippen molar-refractivity contribution in [1.82, 2.24) is 23.8 Å². The number of likely N-dealkylation sites (N-methyl/N-ethyl adjacent to an activating group) is 1. The quantitative estimate of drug-likeness (QED) is 0.385. The highest BCUT2D eigenvalue weighted by molar-refractivity contribution is 7.69. The maximum Gasteiger partial charge on any atom is 0.245 e. The Hall–Kier alpha value is -3.47. The molecule has 2 aromatic heterocycles. The van der Waals surface area contributed by atoms with E-state index in [1.165, 1.54) is 9.99 Å². The lowest BCUT2D eigenvalue weighted by atomic mass is 10.0. The molecular weight excluding hydrogens is 462 g/mol. The number of nitrogens with zero attached hydrogens (tertiary/aromatic N) is 6. The van der Waals surface area contributed by atoms with Gasteiger partial charge < -0.3 is 15.1 Å². The lowest BCUT2D eigenvalue weighted by molar-refractivity contribution is 0.313. The number of fused-ring (bicyclic) bond motifs is 1. The molecule has 0 saturated carbocycles. The van der Waals surface area contributed by atoms with E-state index >= 15 is 0 Å². The summed E-state index contributed by atoms with van der Waals surface area (Å²) in [6.45, 7) is 4.49. The molecule has 4 aromatic rings. The van der Waals surface area contributed by atoms with Crippen LogP contribution >= 0.6 is 0 Å². The van der Waals surface area contributed by atoms with Crippen LogP contribution in [0.1, 0.15) is 5.56 Å². The zero-order valence-corrected chi connectivity index (χ0v) is 20.7. The minimum absolute atomic E-state index is 0.290. The summed E-state index contributed by atoms with van der Waals surface area (Å²) in [5, 5.41) is 8.03. The van der Waals surface area contributed by atoms with E-state index < -0.39 is 10.9 Å². The van der Waals surface area contributed by atoms with Gasteiger partial charge in [0.05, 0.1) is 17.4 Å². The Morgan fingerprint density at radius 1 is 0.971 bits per heavy atom. The Labute approximate surface area is 206 Å². The lowest BCUT2D eigenvalue weighted by Crippen LogP contribution is -2.44. The maximum absolute atomic E-state index is 11.4. The number of piperazine rings is 1. The number of hydrogen-bond donors (Lipinski definition) is 2. The van der Waals surface area contributed by atoms with Crippen LogP contribution in [-0.4, -0.2) is 72.5 Å². The topological polar surface area (TPSA) is 86.1 Å². The Balaban J connectivity index is 1.39. The van der Waals surface area contributed by atoms with Crippen molar-refractivity contribution in [2.75, 3.05) is 50.5 Å². The molecule has 1 fully saturated rings. The molecule has 0 amide bonds. The summed E-state index contributed by atoms with van der Waals surface area (Å²) >= 11 is 0. The highest BCUT2D eigenvalue weighted by Crippen LogP contribution is 2.27. The second kappa shape index (κ2) is 10.0. The van der Waals surface area contributed by atoms with E-state index in [-0.39, 0.29) is 6.54 Å². The fourth-order valence-corrected chi connectivity index (χ4v) is 4.59. The van der Waals surface area contributed by atoms with E-state index in [2.05, 4.69) is 39.3 Å². The van der Waals surface area contributed by atoms with Crippen molar-refractivity contribution >= 4 is 33.7 Å². The molecule has 3 heterocycles. The van der Waals surface area contributed by atoms with Gasteiger partial charge in [0.15, 0.2) is 0 Å². The predicted octanol–water partition coefficient (Wildman–Crippen LogP) is 2.85. The molecule has 1 saturated heterocycles. The molecule has 1 aliphatic heterocycles. The van der Waals surface area contributed by atoms with Crippen molar-refractivity contribution in [3.05, 3.63) is 72.4 Å². The van der Waals surface area contributed by atoms with Crippen LogP contribution in [0.5, 0.6) is 0 Å². The summed E-state index contributed by atoms with van der Waals surface area (Å²) in [6, 6.07) is 20.1. The van der Waals surface area contributed by atoms with Gasteiger partial charge in [-0.2, -0.15) is 0 Å². The van der Waals surface area contributed by atoms with Gasteiger partial charge in [0.25, 0.3) is 0 Å². The first kappa shape index (κ1) is 23.3. The van der Waals surface area contributed by atoms with Crippen LogP contribution in [-0.2, 0) is 17.4 Å². The van der Waals surface area contributed by atoms with E-state index in [0.717, 1.165) is 54.2 Å². The van der Waals surface area contributed by atoms with Crippen molar-refractivity contribution in [1.29, 1.82) is 0 Å². The first-order chi connectivity index (χ1) is 17.0. The van der Waals surface area contributed by atoms with Gasteiger partial charge in [-0.25, -0.2) is 22.2 Å². The van der Waals surface area contributed by atoms with Crippen molar-refractivity contribution in [3.8, 4) is 11.3 Å². The third kappa shape index (κ3) is 5.14. The molecule has 10 heteroatoms. The first-order valence-corrected chi connectivity index (χ1v) is 12.7. The monoisotopic (exact) mass is 491 g/mol. The molecule has 1 aliphatic rings. The maximum atomic E-state index is 11.4. The third-order valence-electron chi connectivity index (χ3n) is 6.36. The molecule has 9 nitrogen and oxygen atoms in total. The Bertz CT molecular complexity index is 1380. The number of rotatable bonds is 7. The number of nitrogens with one attached hydrogen (secondary N) is 1. The molecule has 5 rings (SSSR count).